The van der Waals surface area contributed by atoms with Gasteiger partial charge in [-0.05, 0) is 24.3 Å². The molecule has 0 aromatic carbocycles. The molecule has 7 heteroatoms. The lowest BCUT2D eigenvalue weighted by Gasteiger charge is -2.34. The average Bonchev–Trinajstić information content (AvgIpc) is 3.17. The molecule has 114 valence electrons. The molecular weight excluding hydrogens is 296 g/mol. The SMILES string of the molecule is Cn1cc(N2CCCC(Nc3ncnc4sccc34)C2)cn1. The van der Waals surface area contributed by atoms with Crippen molar-refractivity contribution < 1.29 is 0 Å². The van der Waals surface area contributed by atoms with Gasteiger partial charge >= 0.3 is 0 Å². The molecule has 1 saturated heterocycles. The van der Waals surface area contributed by atoms with Crippen molar-refractivity contribution >= 4 is 33.1 Å². The van der Waals surface area contributed by atoms with Gasteiger partial charge in [-0.15, -0.1) is 11.3 Å². The quantitative estimate of drug-likeness (QED) is 0.805. The first-order valence-corrected chi connectivity index (χ1v) is 8.36. The van der Waals surface area contributed by atoms with Gasteiger partial charge in [0, 0.05) is 32.4 Å². The summed E-state index contributed by atoms with van der Waals surface area (Å²) in [5.41, 5.74) is 1.19. The van der Waals surface area contributed by atoms with Crippen LogP contribution in [0.3, 0.4) is 0 Å². The van der Waals surface area contributed by atoms with Gasteiger partial charge in [0.2, 0.25) is 0 Å². The molecule has 0 radical (unpaired) electrons. The molecule has 22 heavy (non-hydrogen) atoms. The molecule has 3 aromatic rings. The monoisotopic (exact) mass is 314 g/mol. The third-order valence-corrected chi connectivity index (χ3v) is 4.90. The second-order valence-electron chi connectivity index (χ2n) is 5.66. The molecule has 0 aliphatic carbocycles. The third kappa shape index (κ3) is 2.52. The number of aryl methyl sites for hydroxylation is 1. The van der Waals surface area contributed by atoms with Crippen molar-refractivity contribution in [1.29, 1.82) is 0 Å². The second kappa shape index (κ2) is 5.57. The van der Waals surface area contributed by atoms with Gasteiger partial charge in [0.25, 0.3) is 0 Å². The molecule has 1 aliphatic heterocycles. The predicted octanol–water partition coefficient (Wildman–Crippen LogP) is 2.51. The largest absolute Gasteiger partial charge is 0.367 e. The number of fused-ring (bicyclic) bond motifs is 1. The number of thiophene rings is 1. The van der Waals surface area contributed by atoms with E-state index < -0.39 is 0 Å². The first kappa shape index (κ1) is 13.5. The highest BCUT2D eigenvalue weighted by atomic mass is 32.1. The lowest BCUT2D eigenvalue weighted by molar-refractivity contribution is 0.529. The van der Waals surface area contributed by atoms with Crippen molar-refractivity contribution in [1.82, 2.24) is 19.7 Å². The van der Waals surface area contributed by atoms with Crippen LogP contribution < -0.4 is 10.2 Å². The van der Waals surface area contributed by atoms with Crippen LogP contribution in [0.2, 0.25) is 0 Å². The van der Waals surface area contributed by atoms with E-state index in [0.29, 0.717) is 6.04 Å². The number of nitrogens with one attached hydrogen (secondary N) is 1. The Kier molecular flexibility index (Phi) is 3.42. The average molecular weight is 314 g/mol. The van der Waals surface area contributed by atoms with E-state index in [4.69, 9.17) is 0 Å². The molecule has 0 amide bonds. The molecule has 3 aromatic heterocycles. The first-order valence-electron chi connectivity index (χ1n) is 7.48. The number of anilines is 2. The normalized spacial score (nSPS) is 18.8. The van der Waals surface area contributed by atoms with Crippen molar-refractivity contribution in [2.24, 2.45) is 7.05 Å². The van der Waals surface area contributed by atoms with Crippen LogP contribution in [0.25, 0.3) is 10.2 Å². The van der Waals surface area contributed by atoms with E-state index in [9.17, 15) is 0 Å². The minimum Gasteiger partial charge on any atom is -0.367 e. The molecular formula is C15H18N6S. The maximum atomic E-state index is 4.42. The van der Waals surface area contributed by atoms with Crippen LogP contribution in [0, 0.1) is 0 Å². The fourth-order valence-corrected chi connectivity index (χ4v) is 3.73. The summed E-state index contributed by atoms with van der Waals surface area (Å²) in [6.45, 7) is 2.06. The van der Waals surface area contributed by atoms with E-state index in [1.54, 1.807) is 17.7 Å². The molecule has 6 nitrogen and oxygen atoms in total. The van der Waals surface area contributed by atoms with Gasteiger partial charge in [-0.2, -0.15) is 5.10 Å². The summed E-state index contributed by atoms with van der Waals surface area (Å²) < 4.78 is 1.85. The highest BCUT2D eigenvalue weighted by molar-refractivity contribution is 7.16. The van der Waals surface area contributed by atoms with Gasteiger partial charge < -0.3 is 10.2 Å². The number of nitrogens with zero attached hydrogens (tertiary/aromatic N) is 5. The Balaban J connectivity index is 1.52. The van der Waals surface area contributed by atoms with Crippen LogP contribution in [-0.2, 0) is 7.05 Å². The summed E-state index contributed by atoms with van der Waals surface area (Å²) in [4.78, 5) is 12.2. The maximum Gasteiger partial charge on any atom is 0.138 e. The molecule has 1 aliphatic rings. The number of rotatable bonds is 3. The van der Waals surface area contributed by atoms with E-state index in [1.807, 2.05) is 17.9 Å². The number of hydrogen-bond acceptors (Lipinski definition) is 6. The van der Waals surface area contributed by atoms with Crippen LogP contribution in [0.15, 0.2) is 30.2 Å². The van der Waals surface area contributed by atoms with Crippen molar-refractivity contribution in [3.05, 3.63) is 30.2 Å². The summed E-state index contributed by atoms with van der Waals surface area (Å²) in [6.07, 6.45) is 7.98. The Bertz CT molecular complexity index is 779. The molecule has 4 heterocycles. The Hall–Kier alpha value is -2.15. The van der Waals surface area contributed by atoms with Crippen molar-refractivity contribution in [3.63, 3.8) is 0 Å². The van der Waals surface area contributed by atoms with Crippen LogP contribution in [0.1, 0.15) is 12.8 Å². The molecule has 1 N–H and O–H groups in total. The highest BCUT2D eigenvalue weighted by Gasteiger charge is 2.21. The van der Waals surface area contributed by atoms with Gasteiger partial charge in [-0.25, -0.2) is 9.97 Å². The molecule has 0 spiro atoms. The Morgan fingerprint density at radius 1 is 1.36 bits per heavy atom. The highest BCUT2D eigenvalue weighted by Crippen LogP contribution is 2.26. The molecule has 1 atom stereocenters. The van der Waals surface area contributed by atoms with Crippen molar-refractivity contribution in [3.8, 4) is 0 Å². The molecule has 1 unspecified atom stereocenters. The van der Waals surface area contributed by atoms with Gasteiger partial charge in [-0.1, -0.05) is 0 Å². The second-order valence-corrected chi connectivity index (χ2v) is 6.56. The fraction of sp³-hybridized carbons (Fsp3) is 0.400. The molecule has 0 bridgehead atoms. The summed E-state index contributed by atoms with van der Waals surface area (Å²) >= 11 is 1.65. The lowest BCUT2D eigenvalue weighted by atomic mass is 10.1. The van der Waals surface area contributed by atoms with Crippen LogP contribution in [-0.4, -0.2) is 38.9 Å². The fourth-order valence-electron chi connectivity index (χ4n) is 3.00. The van der Waals surface area contributed by atoms with E-state index in [0.717, 1.165) is 35.5 Å². The van der Waals surface area contributed by atoms with Gasteiger partial charge in [0.15, 0.2) is 0 Å². The maximum absolute atomic E-state index is 4.42. The Morgan fingerprint density at radius 2 is 2.32 bits per heavy atom. The van der Waals surface area contributed by atoms with Gasteiger partial charge in [0.05, 0.1) is 17.3 Å². The van der Waals surface area contributed by atoms with Gasteiger partial charge in [0.1, 0.15) is 17.0 Å². The predicted molar refractivity (Wildman–Crippen MR) is 89.5 cm³/mol. The minimum atomic E-state index is 0.395. The van der Waals surface area contributed by atoms with Gasteiger partial charge in [-0.3, -0.25) is 4.68 Å². The number of piperidine rings is 1. The molecule has 0 saturated carbocycles. The van der Waals surface area contributed by atoms with Crippen LogP contribution in [0.5, 0.6) is 0 Å². The molecule has 1 fully saturated rings. The summed E-state index contributed by atoms with van der Waals surface area (Å²) in [6, 6.07) is 2.48. The third-order valence-electron chi connectivity index (χ3n) is 4.08. The Labute approximate surface area is 132 Å². The van der Waals surface area contributed by atoms with Crippen molar-refractivity contribution in [2.75, 3.05) is 23.3 Å². The lowest BCUT2D eigenvalue weighted by Crippen LogP contribution is -2.42. The number of aromatic nitrogens is 4. The first-order chi connectivity index (χ1) is 10.8. The zero-order valence-corrected chi connectivity index (χ0v) is 13.3. The summed E-state index contributed by atoms with van der Waals surface area (Å²) in [7, 11) is 1.96. The zero-order valence-electron chi connectivity index (χ0n) is 12.4. The standard InChI is InChI=1S/C15H18N6S/c1-20-9-12(7-18-20)21-5-2-3-11(8-21)19-14-13-4-6-22-15(13)17-10-16-14/h4,6-7,9-11H,2-3,5,8H2,1H3,(H,16,17,19). The van der Waals surface area contributed by atoms with E-state index in [1.165, 1.54) is 12.1 Å². The van der Waals surface area contributed by atoms with Crippen LogP contribution in [0.4, 0.5) is 11.5 Å². The van der Waals surface area contributed by atoms with E-state index in [-0.39, 0.29) is 0 Å². The smallest absolute Gasteiger partial charge is 0.138 e. The molecule has 4 rings (SSSR count). The topological polar surface area (TPSA) is 58.9 Å². The summed E-state index contributed by atoms with van der Waals surface area (Å²) in [5, 5.41) is 11.1. The Morgan fingerprint density at radius 3 is 3.18 bits per heavy atom. The van der Waals surface area contributed by atoms with Crippen molar-refractivity contribution in [2.45, 2.75) is 18.9 Å². The zero-order chi connectivity index (χ0) is 14.9. The van der Waals surface area contributed by atoms with Crippen LogP contribution >= 0.6 is 11.3 Å². The van der Waals surface area contributed by atoms with E-state index >= 15 is 0 Å². The minimum absolute atomic E-state index is 0.395. The summed E-state index contributed by atoms with van der Waals surface area (Å²) in [5.74, 6) is 0.948. The van der Waals surface area contributed by atoms with E-state index in [2.05, 4.69) is 42.9 Å². The number of hydrogen-bond donors (Lipinski definition) is 1.